The minimum Gasteiger partial charge on any atom is -0.481 e. The number of aromatic nitrogens is 1. The fourth-order valence-corrected chi connectivity index (χ4v) is 2.27. The maximum absolute atomic E-state index is 10.5. The summed E-state index contributed by atoms with van der Waals surface area (Å²) in [5.41, 5.74) is 0.871. The van der Waals surface area contributed by atoms with Gasteiger partial charge in [0.1, 0.15) is 0 Å². The zero-order chi connectivity index (χ0) is 9.84. The summed E-state index contributed by atoms with van der Waals surface area (Å²) in [5.74, 6) is -0.783. The Balaban J connectivity index is 2.77. The summed E-state index contributed by atoms with van der Waals surface area (Å²) in [5, 5.41) is 9.66. The van der Waals surface area contributed by atoms with E-state index in [1.807, 2.05) is 6.92 Å². The molecule has 1 rings (SSSR count). The van der Waals surface area contributed by atoms with Crippen molar-refractivity contribution in [3.05, 3.63) is 15.6 Å². The first-order valence-corrected chi connectivity index (χ1v) is 5.12. The van der Waals surface area contributed by atoms with E-state index in [9.17, 15) is 4.79 Å². The van der Waals surface area contributed by atoms with Crippen molar-refractivity contribution in [3.63, 3.8) is 0 Å². The third-order valence-corrected chi connectivity index (χ3v) is 2.93. The molecule has 0 bridgehead atoms. The van der Waals surface area contributed by atoms with Crippen molar-refractivity contribution in [2.45, 2.75) is 33.1 Å². The fourth-order valence-electron chi connectivity index (χ4n) is 1.11. The Bertz CT molecular complexity index is 307. The lowest BCUT2D eigenvalue weighted by molar-refractivity contribution is -0.136. The molecule has 1 heterocycles. The van der Waals surface area contributed by atoms with E-state index >= 15 is 0 Å². The molecule has 0 radical (unpaired) electrons. The largest absolute Gasteiger partial charge is 0.481 e. The second-order valence-corrected chi connectivity index (χ2v) is 4.10. The summed E-state index contributed by atoms with van der Waals surface area (Å²) in [6, 6.07) is 0. The van der Waals surface area contributed by atoms with Gasteiger partial charge in [-0.15, -0.1) is 11.3 Å². The summed E-state index contributed by atoms with van der Waals surface area (Å²) in [6.07, 6.45) is 2.11. The van der Waals surface area contributed by atoms with Crippen molar-refractivity contribution < 1.29 is 9.90 Å². The van der Waals surface area contributed by atoms with Crippen molar-refractivity contribution >= 4 is 17.3 Å². The minimum atomic E-state index is -0.783. The molecular weight excluding hydrogens is 186 g/mol. The Morgan fingerprint density at radius 3 is 2.85 bits per heavy atom. The lowest BCUT2D eigenvalue weighted by Crippen LogP contribution is -1.99. The number of aryl methyl sites for hydroxylation is 2. The molecule has 3 nitrogen and oxygen atoms in total. The van der Waals surface area contributed by atoms with Gasteiger partial charge >= 0.3 is 5.97 Å². The maximum Gasteiger partial charge on any atom is 0.308 e. The predicted molar refractivity (Wildman–Crippen MR) is 52.2 cm³/mol. The minimum absolute atomic E-state index is 0.104. The van der Waals surface area contributed by atoms with Crippen LogP contribution in [0, 0.1) is 6.92 Å². The highest BCUT2D eigenvalue weighted by Crippen LogP contribution is 2.19. The standard InChI is InChI=1S/C9H13NO2S/c1-3-4-8-10-6(2)7(13-8)5-9(11)12/h3-5H2,1-2H3,(H,11,12). The Morgan fingerprint density at radius 1 is 1.62 bits per heavy atom. The predicted octanol–water partition coefficient (Wildman–Crippen LogP) is 2.03. The maximum atomic E-state index is 10.5. The van der Waals surface area contributed by atoms with Crippen LogP contribution in [0.25, 0.3) is 0 Å². The number of rotatable bonds is 4. The van der Waals surface area contributed by atoms with E-state index in [1.165, 1.54) is 11.3 Å². The highest BCUT2D eigenvalue weighted by Gasteiger charge is 2.09. The second-order valence-electron chi connectivity index (χ2n) is 2.94. The van der Waals surface area contributed by atoms with E-state index < -0.39 is 5.97 Å². The quantitative estimate of drug-likeness (QED) is 0.807. The lowest BCUT2D eigenvalue weighted by atomic mass is 10.3. The van der Waals surface area contributed by atoms with Gasteiger partial charge in [0, 0.05) is 4.88 Å². The SMILES string of the molecule is CCCc1nc(C)c(CC(=O)O)s1. The van der Waals surface area contributed by atoms with Crippen molar-refractivity contribution in [2.24, 2.45) is 0 Å². The van der Waals surface area contributed by atoms with Crippen LogP contribution in [0.5, 0.6) is 0 Å². The molecule has 0 aromatic carbocycles. The third-order valence-electron chi connectivity index (χ3n) is 1.71. The number of nitrogens with zero attached hydrogens (tertiary/aromatic N) is 1. The molecule has 0 aliphatic heterocycles. The number of thiazole rings is 1. The van der Waals surface area contributed by atoms with E-state index in [-0.39, 0.29) is 6.42 Å². The first-order chi connectivity index (χ1) is 6.13. The van der Waals surface area contributed by atoms with Gasteiger partial charge in [-0.3, -0.25) is 4.79 Å². The van der Waals surface area contributed by atoms with E-state index in [0.717, 1.165) is 28.4 Å². The molecule has 1 aromatic heterocycles. The van der Waals surface area contributed by atoms with E-state index in [1.54, 1.807) is 0 Å². The van der Waals surface area contributed by atoms with Crippen LogP contribution in [0.2, 0.25) is 0 Å². The Labute approximate surface area is 81.4 Å². The average molecular weight is 199 g/mol. The van der Waals surface area contributed by atoms with E-state index in [4.69, 9.17) is 5.11 Å². The Morgan fingerprint density at radius 2 is 2.31 bits per heavy atom. The monoisotopic (exact) mass is 199 g/mol. The van der Waals surface area contributed by atoms with Gasteiger partial charge in [0.15, 0.2) is 0 Å². The average Bonchev–Trinajstić information content (AvgIpc) is 2.31. The first kappa shape index (κ1) is 10.2. The highest BCUT2D eigenvalue weighted by molar-refractivity contribution is 7.11. The molecule has 0 aliphatic rings. The van der Waals surface area contributed by atoms with Gasteiger partial charge in [0.25, 0.3) is 0 Å². The van der Waals surface area contributed by atoms with Gasteiger partial charge in [-0.2, -0.15) is 0 Å². The van der Waals surface area contributed by atoms with Crippen LogP contribution in [0.15, 0.2) is 0 Å². The molecule has 0 atom stereocenters. The van der Waals surface area contributed by atoms with Crippen molar-refractivity contribution in [1.82, 2.24) is 4.98 Å². The number of hydrogen-bond donors (Lipinski definition) is 1. The normalized spacial score (nSPS) is 10.3. The molecule has 0 unspecified atom stereocenters. The fraction of sp³-hybridized carbons (Fsp3) is 0.556. The molecule has 4 heteroatoms. The summed E-state index contributed by atoms with van der Waals surface area (Å²) < 4.78 is 0. The molecule has 0 aliphatic carbocycles. The number of hydrogen-bond acceptors (Lipinski definition) is 3. The summed E-state index contributed by atoms with van der Waals surface area (Å²) in [7, 11) is 0. The Kier molecular flexibility index (Phi) is 3.42. The number of carbonyl (C=O) groups is 1. The van der Waals surface area contributed by atoms with Gasteiger partial charge in [-0.05, 0) is 19.8 Å². The molecule has 1 N–H and O–H groups in total. The smallest absolute Gasteiger partial charge is 0.308 e. The topological polar surface area (TPSA) is 50.2 Å². The summed E-state index contributed by atoms with van der Waals surface area (Å²) in [6.45, 7) is 3.96. The molecule has 0 fully saturated rings. The van der Waals surface area contributed by atoms with Crippen LogP contribution in [0.3, 0.4) is 0 Å². The van der Waals surface area contributed by atoms with Crippen LogP contribution in [0.4, 0.5) is 0 Å². The first-order valence-electron chi connectivity index (χ1n) is 4.30. The third kappa shape index (κ3) is 2.81. The molecule has 72 valence electrons. The Hall–Kier alpha value is -0.900. The van der Waals surface area contributed by atoms with Crippen LogP contribution in [-0.2, 0) is 17.6 Å². The second kappa shape index (κ2) is 4.37. The van der Waals surface area contributed by atoms with Crippen LogP contribution >= 0.6 is 11.3 Å². The molecular formula is C9H13NO2S. The van der Waals surface area contributed by atoms with E-state index in [0.29, 0.717) is 0 Å². The van der Waals surface area contributed by atoms with Gasteiger partial charge in [0.05, 0.1) is 17.1 Å². The van der Waals surface area contributed by atoms with Crippen LogP contribution in [0.1, 0.15) is 28.9 Å². The van der Waals surface area contributed by atoms with Crippen molar-refractivity contribution in [2.75, 3.05) is 0 Å². The van der Waals surface area contributed by atoms with E-state index in [2.05, 4.69) is 11.9 Å². The van der Waals surface area contributed by atoms with Crippen LogP contribution < -0.4 is 0 Å². The molecule has 0 saturated heterocycles. The highest BCUT2D eigenvalue weighted by atomic mass is 32.1. The van der Waals surface area contributed by atoms with Crippen LogP contribution in [-0.4, -0.2) is 16.1 Å². The molecule has 13 heavy (non-hydrogen) atoms. The summed E-state index contributed by atoms with van der Waals surface area (Å²) >= 11 is 1.52. The molecule has 1 aromatic rings. The van der Waals surface area contributed by atoms with Crippen molar-refractivity contribution in [3.8, 4) is 0 Å². The molecule has 0 saturated carbocycles. The number of aliphatic carboxylic acids is 1. The van der Waals surface area contributed by atoms with Gasteiger partial charge in [0.2, 0.25) is 0 Å². The molecule has 0 amide bonds. The zero-order valence-corrected chi connectivity index (χ0v) is 8.65. The van der Waals surface area contributed by atoms with Crippen molar-refractivity contribution in [1.29, 1.82) is 0 Å². The van der Waals surface area contributed by atoms with Gasteiger partial charge in [-0.25, -0.2) is 4.98 Å². The lowest BCUT2D eigenvalue weighted by Gasteiger charge is -1.89. The number of carboxylic acid groups (broad SMARTS) is 1. The number of carboxylic acids is 1. The molecule has 0 spiro atoms. The van der Waals surface area contributed by atoms with Gasteiger partial charge < -0.3 is 5.11 Å². The van der Waals surface area contributed by atoms with Gasteiger partial charge in [-0.1, -0.05) is 6.92 Å². The zero-order valence-electron chi connectivity index (χ0n) is 7.83. The summed E-state index contributed by atoms with van der Waals surface area (Å²) in [4.78, 5) is 15.7.